The van der Waals surface area contributed by atoms with Gasteiger partial charge in [-0.25, -0.2) is 14.4 Å². The van der Waals surface area contributed by atoms with Crippen LogP contribution in [0.4, 0.5) is 13.2 Å². The highest BCUT2D eigenvalue weighted by atomic mass is 32.2. The van der Waals surface area contributed by atoms with Crippen LogP contribution in [0.2, 0.25) is 0 Å². The van der Waals surface area contributed by atoms with Crippen LogP contribution < -0.4 is 9.46 Å². The summed E-state index contributed by atoms with van der Waals surface area (Å²) in [4.78, 5) is 4.05. The Bertz CT molecular complexity index is 1110. The zero-order chi connectivity index (χ0) is 21.9. The van der Waals surface area contributed by atoms with Gasteiger partial charge in [0.2, 0.25) is 5.88 Å². The van der Waals surface area contributed by atoms with Crippen molar-refractivity contribution in [3.05, 3.63) is 59.9 Å². The molecule has 2 heterocycles. The molecule has 0 fully saturated rings. The van der Waals surface area contributed by atoms with Gasteiger partial charge in [0.05, 0.1) is 24.7 Å². The van der Waals surface area contributed by atoms with E-state index >= 15 is 0 Å². The van der Waals surface area contributed by atoms with E-state index in [-0.39, 0.29) is 5.69 Å². The SMILES string of the molecule is C=S(C)(=O)NCCc1ccc(-c2cc(C(F)(F)F)nn2-c2ccc(OC)nc2)cc1. The van der Waals surface area contributed by atoms with Crippen LogP contribution in [0.3, 0.4) is 0 Å². The molecule has 0 aliphatic rings. The van der Waals surface area contributed by atoms with Crippen molar-refractivity contribution in [1.82, 2.24) is 19.5 Å². The molecule has 3 rings (SSSR count). The minimum Gasteiger partial charge on any atom is -0.481 e. The summed E-state index contributed by atoms with van der Waals surface area (Å²) in [5.41, 5.74) is 1.19. The molecule has 1 N–H and O–H groups in total. The quantitative estimate of drug-likeness (QED) is 0.575. The van der Waals surface area contributed by atoms with Crippen LogP contribution in [0, 0.1) is 0 Å². The van der Waals surface area contributed by atoms with Crippen LogP contribution in [0.5, 0.6) is 5.88 Å². The summed E-state index contributed by atoms with van der Waals surface area (Å²) in [7, 11) is -0.827. The summed E-state index contributed by atoms with van der Waals surface area (Å²) >= 11 is 0. The Kier molecular flexibility index (Phi) is 6.18. The molecule has 2 aromatic heterocycles. The van der Waals surface area contributed by atoms with Crippen LogP contribution in [0.25, 0.3) is 16.9 Å². The maximum atomic E-state index is 13.3. The molecule has 0 amide bonds. The molecule has 0 aliphatic carbocycles. The fourth-order valence-corrected chi connectivity index (χ4v) is 3.33. The van der Waals surface area contributed by atoms with E-state index < -0.39 is 21.6 Å². The highest BCUT2D eigenvalue weighted by Gasteiger charge is 2.35. The van der Waals surface area contributed by atoms with Gasteiger partial charge in [-0.05, 0) is 30.0 Å². The molecule has 0 saturated carbocycles. The average molecular weight is 438 g/mol. The van der Waals surface area contributed by atoms with Gasteiger partial charge in [-0.15, -0.1) is 0 Å². The summed E-state index contributed by atoms with van der Waals surface area (Å²) in [6.07, 6.45) is -1.05. The maximum absolute atomic E-state index is 13.3. The largest absolute Gasteiger partial charge is 0.481 e. The van der Waals surface area contributed by atoms with Gasteiger partial charge in [-0.1, -0.05) is 24.3 Å². The number of nitrogens with zero attached hydrogens (tertiary/aromatic N) is 3. The van der Waals surface area contributed by atoms with Crippen LogP contribution in [0.15, 0.2) is 48.7 Å². The van der Waals surface area contributed by atoms with Gasteiger partial charge in [-0.2, -0.15) is 18.3 Å². The smallest absolute Gasteiger partial charge is 0.435 e. The molecule has 10 heteroatoms. The van der Waals surface area contributed by atoms with Crippen molar-refractivity contribution >= 4 is 15.6 Å². The zero-order valence-electron chi connectivity index (χ0n) is 16.4. The summed E-state index contributed by atoms with van der Waals surface area (Å²) in [5, 5.41) is 3.74. The Morgan fingerprint density at radius 1 is 1.20 bits per heavy atom. The number of pyridine rings is 1. The molecule has 1 atom stereocenters. The molecule has 30 heavy (non-hydrogen) atoms. The molecule has 1 aromatic carbocycles. The molecular weight excluding hydrogens is 417 g/mol. The van der Waals surface area contributed by atoms with Crippen LogP contribution in [-0.2, 0) is 22.3 Å². The Hall–Kier alpha value is -2.85. The first-order chi connectivity index (χ1) is 14.1. The Labute approximate surface area is 172 Å². The Morgan fingerprint density at radius 3 is 2.43 bits per heavy atom. The van der Waals surface area contributed by atoms with Crippen molar-refractivity contribution in [2.24, 2.45) is 0 Å². The van der Waals surface area contributed by atoms with Crippen molar-refractivity contribution in [3.8, 4) is 22.8 Å². The minimum atomic E-state index is -4.58. The molecule has 1 unspecified atom stereocenters. The molecule has 6 nitrogen and oxygen atoms in total. The van der Waals surface area contributed by atoms with E-state index in [0.717, 1.165) is 11.6 Å². The lowest BCUT2D eigenvalue weighted by Gasteiger charge is -2.09. The number of rotatable bonds is 7. The van der Waals surface area contributed by atoms with Gasteiger partial charge in [0, 0.05) is 34.1 Å². The first-order valence-electron chi connectivity index (χ1n) is 8.90. The second-order valence-electron chi connectivity index (χ2n) is 6.73. The standard InChI is InChI=1S/C20H21F3N4O2S/c1-29-19-9-8-16(13-24-19)27-17(12-18(26-27)20(21,22)23)15-6-4-14(5-7-15)10-11-25-30(2,3)28/h4-9,12-13H,2,10-11H2,1,3H3,(H,25,28). The summed E-state index contributed by atoms with van der Waals surface area (Å²) in [5.74, 6) is 3.88. The fraction of sp³-hybridized carbons (Fsp3) is 0.250. The topological polar surface area (TPSA) is 69.0 Å². The van der Waals surface area contributed by atoms with Crippen molar-refractivity contribution in [1.29, 1.82) is 0 Å². The summed E-state index contributed by atoms with van der Waals surface area (Å²) < 4.78 is 60.5. The van der Waals surface area contributed by atoms with E-state index in [4.69, 9.17) is 4.74 Å². The summed E-state index contributed by atoms with van der Waals surface area (Å²) in [6, 6.07) is 11.2. The van der Waals surface area contributed by atoms with Gasteiger partial charge >= 0.3 is 6.18 Å². The number of ether oxygens (including phenoxy) is 1. The number of aromatic nitrogens is 3. The predicted molar refractivity (Wildman–Crippen MR) is 111 cm³/mol. The molecule has 0 spiro atoms. The van der Waals surface area contributed by atoms with E-state index in [2.05, 4.69) is 20.7 Å². The maximum Gasteiger partial charge on any atom is 0.435 e. The second-order valence-corrected chi connectivity index (χ2v) is 9.03. The third-order valence-corrected chi connectivity index (χ3v) is 5.06. The monoisotopic (exact) mass is 438 g/mol. The van der Waals surface area contributed by atoms with Crippen molar-refractivity contribution in [2.75, 3.05) is 19.9 Å². The average Bonchev–Trinajstić information content (AvgIpc) is 3.13. The van der Waals surface area contributed by atoms with Crippen molar-refractivity contribution in [3.63, 3.8) is 0 Å². The Balaban J connectivity index is 1.92. The van der Waals surface area contributed by atoms with Gasteiger partial charge in [-0.3, -0.25) is 4.21 Å². The lowest BCUT2D eigenvalue weighted by Crippen LogP contribution is -2.24. The van der Waals surface area contributed by atoms with E-state index in [1.807, 2.05) is 12.1 Å². The van der Waals surface area contributed by atoms with Gasteiger partial charge in [0.1, 0.15) is 0 Å². The fourth-order valence-electron chi connectivity index (χ4n) is 2.79. The number of hydrogen-bond donors (Lipinski definition) is 1. The van der Waals surface area contributed by atoms with E-state index in [9.17, 15) is 17.4 Å². The zero-order valence-corrected chi connectivity index (χ0v) is 17.3. The number of alkyl halides is 3. The van der Waals surface area contributed by atoms with Gasteiger partial charge in [0.15, 0.2) is 5.69 Å². The van der Waals surface area contributed by atoms with Crippen LogP contribution >= 0.6 is 0 Å². The van der Waals surface area contributed by atoms with E-state index in [1.54, 1.807) is 24.3 Å². The Morgan fingerprint density at radius 2 is 1.90 bits per heavy atom. The van der Waals surface area contributed by atoms with Crippen LogP contribution in [-0.4, -0.2) is 44.8 Å². The normalized spacial score (nSPS) is 13.8. The number of methoxy groups -OCH3 is 1. The highest BCUT2D eigenvalue weighted by molar-refractivity contribution is 7.97. The first kappa shape index (κ1) is 21.8. The molecule has 3 aromatic rings. The molecule has 0 bridgehead atoms. The molecule has 0 radical (unpaired) electrons. The van der Waals surface area contributed by atoms with Gasteiger partial charge < -0.3 is 4.74 Å². The minimum absolute atomic E-state index is 0.285. The predicted octanol–water partition coefficient (Wildman–Crippen LogP) is 3.36. The van der Waals surface area contributed by atoms with Crippen LogP contribution in [0.1, 0.15) is 11.3 Å². The number of hydrogen-bond acceptors (Lipinski definition) is 4. The number of halogens is 3. The summed E-state index contributed by atoms with van der Waals surface area (Å²) in [6.45, 7) is 0.478. The van der Waals surface area contributed by atoms with E-state index in [1.165, 1.54) is 24.2 Å². The van der Waals surface area contributed by atoms with Gasteiger partial charge in [0.25, 0.3) is 0 Å². The molecule has 0 aliphatic heterocycles. The third kappa shape index (κ3) is 5.39. The van der Waals surface area contributed by atoms with Crippen molar-refractivity contribution < 1.29 is 22.1 Å². The van der Waals surface area contributed by atoms with E-state index in [0.29, 0.717) is 30.1 Å². The molecule has 0 saturated heterocycles. The molecular formula is C20H21F3N4O2S. The highest BCUT2D eigenvalue weighted by Crippen LogP contribution is 2.33. The second kappa shape index (κ2) is 8.49. The van der Waals surface area contributed by atoms with Crippen molar-refractivity contribution in [2.45, 2.75) is 12.6 Å². The third-order valence-electron chi connectivity index (χ3n) is 4.24. The number of nitrogens with one attached hydrogen (secondary N) is 1. The lowest BCUT2D eigenvalue weighted by molar-refractivity contribution is -0.141. The molecule has 160 valence electrons. The lowest BCUT2D eigenvalue weighted by atomic mass is 10.1. The first-order valence-corrected chi connectivity index (χ1v) is 11.0. The number of benzene rings is 1.